The lowest BCUT2D eigenvalue weighted by atomic mass is 10.1. The topological polar surface area (TPSA) is 139 Å². The molecule has 0 aliphatic heterocycles. The van der Waals surface area contributed by atoms with Gasteiger partial charge in [-0.2, -0.15) is 0 Å². The van der Waals surface area contributed by atoms with Gasteiger partial charge in [-0.15, -0.1) is 10.1 Å². The average molecular weight is 422 g/mol. The molecule has 1 amide bonds. The number of nitrogens with one attached hydrogen (secondary N) is 3. The number of aliphatic hydroxyl groups excluding tert-OH is 1. The summed E-state index contributed by atoms with van der Waals surface area (Å²) in [6.07, 6.45) is 1.53. The number of aryl methyl sites for hydroxylation is 1. The van der Waals surface area contributed by atoms with E-state index in [9.17, 15) is 20.0 Å². The predicted molar refractivity (Wildman–Crippen MR) is 112 cm³/mol. The van der Waals surface area contributed by atoms with Gasteiger partial charge in [-0.3, -0.25) is 4.79 Å². The summed E-state index contributed by atoms with van der Waals surface area (Å²) >= 11 is 0. The smallest absolute Gasteiger partial charge is 0.294 e. The first kappa shape index (κ1) is 23.4. The van der Waals surface area contributed by atoms with Gasteiger partial charge < -0.3 is 30.3 Å². The van der Waals surface area contributed by atoms with Crippen LogP contribution in [0.4, 0.5) is 0 Å². The van der Waals surface area contributed by atoms with Crippen LogP contribution in [0.1, 0.15) is 32.3 Å². The maximum Gasteiger partial charge on any atom is 0.294 e. The van der Waals surface area contributed by atoms with Gasteiger partial charge in [-0.25, -0.2) is 0 Å². The normalized spacial score (nSPS) is 12.5. The fourth-order valence-electron chi connectivity index (χ4n) is 2.87. The number of aliphatic hydroxyl groups is 1. The molecule has 1 unspecified atom stereocenters. The Balaban J connectivity index is 1.69. The molecule has 0 radical (unpaired) electrons. The molecule has 10 heteroatoms. The van der Waals surface area contributed by atoms with E-state index in [0.29, 0.717) is 13.1 Å². The van der Waals surface area contributed by atoms with Gasteiger partial charge in [0.25, 0.3) is 5.09 Å². The Morgan fingerprint density at radius 3 is 2.90 bits per heavy atom. The van der Waals surface area contributed by atoms with Crippen LogP contribution in [0.25, 0.3) is 10.9 Å². The molecule has 2 rings (SSSR count). The minimum Gasteiger partial charge on any atom is -0.490 e. The lowest BCUT2D eigenvalue weighted by molar-refractivity contribution is -0.757. The molecule has 1 aromatic heterocycles. The molecule has 166 valence electrons. The van der Waals surface area contributed by atoms with E-state index in [0.717, 1.165) is 22.2 Å². The van der Waals surface area contributed by atoms with E-state index in [-0.39, 0.29) is 32.0 Å². The van der Waals surface area contributed by atoms with Crippen molar-refractivity contribution in [1.82, 2.24) is 15.6 Å². The van der Waals surface area contributed by atoms with Crippen LogP contribution in [0.2, 0.25) is 0 Å². The van der Waals surface area contributed by atoms with Crippen molar-refractivity contribution in [2.24, 2.45) is 0 Å². The molecular weight excluding hydrogens is 392 g/mol. The van der Waals surface area contributed by atoms with Gasteiger partial charge >= 0.3 is 0 Å². The van der Waals surface area contributed by atoms with Crippen LogP contribution in [0, 0.1) is 17.0 Å². The molecule has 1 atom stereocenters. The third-order valence-corrected chi connectivity index (χ3v) is 4.50. The highest BCUT2D eigenvalue weighted by molar-refractivity contribution is 5.86. The summed E-state index contributed by atoms with van der Waals surface area (Å²) < 4.78 is 5.82. The number of rotatable bonds is 13. The minimum absolute atomic E-state index is 0.107. The Morgan fingerprint density at radius 1 is 1.40 bits per heavy atom. The number of hydrogen-bond acceptors (Lipinski definition) is 7. The van der Waals surface area contributed by atoms with E-state index in [2.05, 4.69) is 20.5 Å². The van der Waals surface area contributed by atoms with Crippen LogP contribution in [0.15, 0.2) is 24.4 Å². The Labute approximate surface area is 175 Å². The second-order valence-corrected chi connectivity index (χ2v) is 7.87. The van der Waals surface area contributed by atoms with E-state index in [1.807, 2.05) is 45.2 Å². The number of aromatic amines is 1. The third kappa shape index (κ3) is 7.88. The van der Waals surface area contributed by atoms with Crippen molar-refractivity contribution < 1.29 is 24.6 Å². The maximum atomic E-state index is 11.8. The van der Waals surface area contributed by atoms with Crippen LogP contribution < -0.4 is 15.4 Å². The SMILES string of the molecule is Cc1cc(OCC(O)CNC(C)(C)CNC(=O)CCCO[N+](=O)[O-])c2cc[nH]c2c1. The van der Waals surface area contributed by atoms with E-state index >= 15 is 0 Å². The first-order valence-electron chi connectivity index (χ1n) is 9.84. The zero-order valence-electron chi connectivity index (χ0n) is 17.6. The largest absolute Gasteiger partial charge is 0.490 e. The summed E-state index contributed by atoms with van der Waals surface area (Å²) in [6, 6.07) is 5.91. The Hall–Kier alpha value is -2.85. The average Bonchev–Trinajstić information content (AvgIpc) is 3.14. The number of nitrogens with zero attached hydrogens (tertiary/aromatic N) is 1. The Morgan fingerprint density at radius 2 is 2.17 bits per heavy atom. The first-order valence-corrected chi connectivity index (χ1v) is 9.84. The van der Waals surface area contributed by atoms with Crippen molar-refractivity contribution in [2.45, 2.75) is 45.3 Å². The van der Waals surface area contributed by atoms with Gasteiger partial charge in [-0.05, 0) is 51.0 Å². The van der Waals surface area contributed by atoms with Crippen LogP contribution >= 0.6 is 0 Å². The molecule has 4 N–H and O–H groups in total. The van der Waals surface area contributed by atoms with Crippen molar-refractivity contribution >= 4 is 16.8 Å². The summed E-state index contributed by atoms with van der Waals surface area (Å²) in [5, 5.41) is 26.4. The fraction of sp³-hybridized carbons (Fsp3) is 0.550. The summed E-state index contributed by atoms with van der Waals surface area (Å²) in [7, 11) is 0. The highest BCUT2D eigenvalue weighted by Gasteiger charge is 2.20. The molecule has 10 nitrogen and oxygen atoms in total. The van der Waals surface area contributed by atoms with E-state index in [1.54, 1.807) is 0 Å². The van der Waals surface area contributed by atoms with Gasteiger partial charge in [0.15, 0.2) is 0 Å². The van der Waals surface area contributed by atoms with Crippen molar-refractivity contribution in [3.05, 3.63) is 40.1 Å². The second kappa shape index (κ2) is 10.8. The molecule has 30 heavy (non-hydrogen) atoms. The summed E-state index contributed by atoms with van der Waals surface area (Å²) in [5.74, 6) is 0.508. The van der Waals surface area contributed by atoms with Crippen molar-refractivity contribution in [2.75, 3.05) is 26.3 Å². The summed E-state index contributed by atoms with van der Waals surface area (Å²) in [4.78, 5) is 29.2. The van der Waals surface area contributed by atoms with Gasteiger partial charge in [-0.1, -0.05) is 0 Å². The number of hydrogen-bond donors (Lipinski definition) is 4. The number of ether oxygens (including phenoxy) is 1. The van der Waals surface area contributed by atoms with Crippen LogP contribution in [0.5, 0.6) is 5.75 Å². The van der Waals surface area contributed by atoms with Crippen molar-refractivity contribution in [3.63, 3.8) is 0 Å². The van der Waals surface area contributed by atoms with Gasteiger partial charge in [0, 0.05) is 42.1 Å². The number of carbonyl (C=O) groups excluding carboxylic acids is 1. The van der Waals surface area contributed by atoms with Gasteiger partial charge in [0.05, 0.1) is 6.61 Å². The predicted octanol–water partition coefficient (Wildman–Crippen LogP) is 1.69. The zero-order chi connectivity index (χ0) is 22.1. The summed E-state index contributed by atoms with van der Waals surface area (Å²) in [6.45, 7) is 6.46. The maximum absolute atomic E-state index is 11.8. The van der Waals surface area contributed by atoms with Crippen LogP contribution in [-0.2, 0) is 9.63 Å². The second-order valence-electron chi connectivity index (χ2n) is 7.87. The first-order chi connectivity index (χ1) is 14.2. The number of carbonyl (C=O) groups is 1. The van der Waals surface area contributed by atoms with Crippen molar-refractivity contribution in [3.8, 4) is 5.75 Å². The molecule has 2 aromatic rings. The number of H-pyrrole nitrogens is 1. The van der Waals surface area contributed by atoms with E-state index < -0.39 is 16.7 Å². The monoisotopic (exact) mass is 422 g/mol. The quantitative estimate of drug-likeness (QED) is 0.219. The van der Waals surface area contributed by atoms with Crippen LogP contribution in [-0.4, -0.2) is 59.0 Å². The Bertz CT molecular complexity index is 851. The Kier molecular flexibility index (Phi) is 8.43. The lowest BCUT2D eigenvalue weighted by Crippen LogP contribution is -2.51. The molecule has 1 heterocycles. The van der Waals surface area contributed by atoms with Gasteiger partial charge in [0.1, 0.15) is 18.5 Å². The molecule has 0 saturated heterocycles. The van der Waals surface area contributed by atoms with E-state index in [1.165, 1.54) is 0 Å². The molecular formula is C20H30N4O6. The molecule has 0 saturated carbocycles. The molecule has 0 aliphatic rings. The summed E-state index contributed by atoms with van der Waals surface area (Å²) in [5.41, 5.74) is 1.60. The number of fused-ring (bicyclic) bond motifs is 1. The molecule has 0 aliphatic carbocycles. The number of benzene rings is 1. The number of β-amino-alcohol motifs (C(OH)–C–C–N with tert-alkyl or cyclic N) is 1. The highest BCUT2D eigenvalue weighted by Crippen LogP contribution is 2.26. The van der Waals surface area contributed by atoms with E-state index in [4.69, 9.17) is 4.74 Å². The molecule has 0 spiro atoms. The standard InChI is InChI=1S/C20H30N4O6/c1-14-9-17-16(6-7-21-17)18(10-14)29-12-15(25)11-23-20(2,3)13-22-19(26)5-4-8-30-24(27)28/h6-7,9-10,15,21,23,25H,4-5,8,11-13H2,1-3H3,(H,22,26). The van der Waals surface area contributed by atoms with Crippen molar-refractivity contribution in [1.29, 1.82) is 0 Å². The fourth-order valence-corrected chi connectivity index (χ4v) is 2.87. The van der Waals surface area contributed by atoms with Crippen LogP contribution in [0.3, 0.4) is 0 Å². The minimum atomic E-state index is -0.875. The molecule has 1 aromatic carbocycles. The zero-order valence-corrected chi connectivity index (χ0v) is 17.6. The molecule has 0 fully saturated rings. The van der Waals surface area contributed by atoms with Gasteiger partial charge in [0.2, 0.25) is 5.91 Å². The third-order valence-electron chi connectivity index (χ3n) is 4.50. The number of amides is 1. The lowest BCUT2D eigenvalue weighted by Gasteiger charge is -2.28. The molecule has 0 bridgehead atoms. The number of aromatic nitrogens is 1. The highest BCUT2D eigenvalue weighted by atomic mass is 16.9.